The maximum absolute atomic E-state index is 10.2. The molecule has 0 aliphatic rings. The number of pyridine rings is 1. The van der Waals surface area contributed by atoms with Gasteiger partial charge in [0, 0.05) is 45.0 Å². The molecule has 1 radical (unpaired) electrons. The zero-order valence-corrected chi connectivity index (χ0v) is 8.84. The summed E-state index contributed by atoms with van der Waals surface area (Å²) in [7, 11) is 0. The van der Waals surface area contributed by atoms with Crippen LogP contribution in [0, 0.1) is 6.92 Å². The van der Waals surface area contributed by atoms with Crippen LogP contribution in [0.2, 0.25) is 0 Å². The van der Waals surface area contributed by atoms with Crippen molar-refractivity contribution in [1.82, 2.24) is 4.98 Å². The third kappa shape index (κ3) is 6.18. The van der Waals surface area contributed by atoms with E-state index in [-0.39, 0.29) is 38.3 Å². The number of aromatic amines is 1. The summed E-state index contributed by atoms with van der Waals surface area (Å²) in [5.41, 5.74) is -0.0532. The number of hydrogen-bond acceptors (Lipinski definition) is 1. The Bertz CT molecular complexity index is 179. The largest absolute Gasteiger partial charge is 0.346 e. The Kier molecular flexibility index (Phi) is 11.5. The molecule has 0 amide bonds. The Labute approximate surface area is 85.9 Å². The fourth-order valence-electron chi connectivity index (χ4n) is 0.377. The minimum absolute atomic E-state index is 0. The third-order valence-corrected chi connectivity index (χ3v) is 0.681. The zero-order valence-electron chi connectivity index (χ0n) is 6.00. The smallest absolute Gasteiger partial charge is 0.247 e. The monoisotopic (exact) mass is 213 g/mol. The van der Waals surface area contributed by atoms with Gasteiger partial charge in [-0.15, -0.1) is 0 Å². The van der Waals surface area contributed by atoms with E-state index in [0.29, 0.717) is 0 Å². The normalized spacial score (nSPS) is 6.60. The van der Waals surface area contributed by atoms with Gasteiger partial charge in [-0.3, -0.25) is 4.79 Å². The van der Waals surface area contributed by atoms with Gasteiger partial charge < -0.3 is 11.9 Å². The van der Waals surface area contributed by atoms with Gasteiger partial charge in [-0.1, -0.05) is 6.07 Å². The summed E-state index contributed by atoms with van der Waals surface area (Å²) < 4.78 is 0. The van der Waals surface area contributed by atoms with Crippen molar-refractivity contribution in [2.75, 3.05) is 0 Å². The molecule has 3 heteroatoms. The summed E-state index contributed by atoms with van der Waals surface area (Å²) in [5, 5.41) is 0. The van der Waals surface area contributed by atoms with E-state index in [1.54, 1.807) is 25.3 Å². The molecule has 2 nitrogen and oxygen atoms in total. The van der Waals surface area contributed by atoms with E-state index >= 15 is 0 Å². The van der Waals surface area contributed by atoms with Gasteiger partial charge in [0.1, 0.15) is 0 Å². The van der Waals surface area contributed by atoms with Crippen LogP contribution in [0.1, 0.15) is 6.92 Å². The SMILES string of the molecule is O=c1cccc[nH]1.[CH2-]C.[Y]. The van der Waals surface area contributed by atoms with E-state index in [9.17, 15) is 4.79 Å². The maximum Gasteiger partial charge on any atom is 0.247 e. The Hall–Kier alpha value is 0.0539. The van der Waals surface area contributed by atoms with Crippen molar-refractivity contribution in [3.63, 3.8) is 0 Å². The molecule has 1 aromatic rings. The molecule has 0 unspecified atom stereocenters. The number of rotatable bonds is 0. The molecule has 0 aliphatic heterocycles. The zero-order chi connectivity index (χ0) is 7.11. The van der Waals surface area contributed by atoms with Crippen LogP contribution in [0.4, 0.5) is 0 Å². The first-order valence-electron chi connectivity index (χ1n) is 2.74. The molecule has 0 aromatic carbocycles. The predicted octanol–water partition coefficient (Wildman–Crippen LogP) is 1.21. The van der Waals surface area contributed by atoms with Crippen molar-refractivity contribution in [1.29, 1.82) is 0 Å². The maximum atomic E-state index is 10.2. The van der Waals surface area contributed by atoms with Crippen molar-refractivity contribution in [3.8, 4) is 0 Å². The van der Waals surface area contributed by atoms with E-state index < -0.39 is 0 Å². The summed E-state index contributed by atoms with van der Waals surface area (Å²) in [6, 6.07) is 4.93. The molecule has 0 saturated heterocycles. The molecule has 1 aromatic heterocycles. The molecule has 0 spiro atoms. The first-order valence-corrected chi connectivity index (χ1v) is 2.74. The fourth-order valence-corrected chi connectivity index (χ4v) is 0.377. The summed E-state index contributed by atoms with van der Waals surface area (Å²) in [6.07, 6.45) is 1.60. The number of aromatic nitrogens is 1. The molecule has 0 aliphatic carbocycles. The minimum atomic E-state index is -0.0532. The van der Waals surface area contributed by atoms with E-state index in [4.69, 9.17) is 0 Å². The van der Waals surface area contributed by atoms with Crippen LogP contribution in [-0.4, -0.2) is 4.98 Å². The molecule has 0 fully saturated rings. The van der Waals surface area contributed by atoms with Gasteiger partial charge in [0.15, 0.2) is 0 Å². The quantitative estimate of drug-likeness (QED) is 0.645. The number of hydrogen-bond donors (Lipinski definition) is 1. The molecule has 1 rings (SSSR count). The molecular weight excluding hydrogens is 203 g/mol. The van der Waals surface area contributed by atoms with Crippen LogP contribution in [0.3, 0.4) is 0 Å². The van der Waals surface area contributed by atoms with Crippen LogP contribution in [0.5, 0.6) is 0 Å². The van der Waals surface area contributed by atoms with Gasteiger partial charge >= 0.3 is 0 Å². The van der Waals surface area contributed by atoms with Gasteiger partial charge in [0.05, 0.1) is 0 Å². The summed E-state index contributed by atoms with van der Waals surface area (Å²) >= 11 is 0. The molecular formula is C7H10NOY-. The third-order valence-electron chi connectivity index (χ3n) is 0.681. The molecule has 1 heterocycles. The fraction of sp³-hybridized carbons (Fsp3) is 0.143. The second-order valence-corrected chi connectivity index (χ2v) is 1.23. The second kappa shape index (κ2) is 9.05. The molecule has 0 bridgehead atoms. The first kappa shape index (κ1) is 12.7. The van der Waals surface area contributed by atoms with Crippen LogP contribution in [0.15, 0.2) is 29.2 Å². The Balaban J connectivity index is 0. The molecule has 0 atom stereocenters. The average Bonchev–Trinajstić information content (AvgIpc) is 1.94. The molecule has 0 saturated carbocycles. The van der Waals surface area contributed by atoms with Gasteiger partial charge in [-0.05, 0) is 6.07 Å². The van der Waals surface area contributed by atoms with E-state index in [0.717, 1.165) is 0 Å². The molecule has 53 valence electrons. The Morgan fingerprint density at radius 2 is 2.00 bits per heavy atom. The first-order chi connectivity index (χ1) is 4.39. The van der Waals surface area contributed by atoms with Crippen LogP contribution in [-0.2, 0) is 32.7 Å². The standard InChI is InChI=1S/C5H5NO.C2H5.Y/c7-5-3-1-2-4-6-5;1-2;/h1-4H,(H,6,7);1H2,2H3;/q;-1;. The predicted molar refractivity (Wildman–Crippen MR) is 38.1 cm³/mol. The minimum Gasteiger partial charge on any atom is -0.346 e. The Morgan fingerprint density at radius 1 is 1.40 bits per heavy atom. The van der Waals surface area contributed by atoms with Crippen molar-refractivity contribution < 1.29 is 32.7 Å². The Morgan fingerprint density at radius 3 is 2.20 bits per heavy atom. The van der Waals surface area contributed by atoms with Crippen molar-refractivity contribution >= 4 is 0 Å². The van der Waals surface area contributed by atoms with Crippen molar-refractivity contribution in [2.45, 2.75) is 6.92 Å². The molecule has 1 N–H and O–H groups in total. The number of H-pyrrole nitrogens is 1. The van der Waals surface area contributed by atoms with Crippen molar-refractivity contribution in [3.05, 3.63) is 41.7 Å². The summed E-state index contributed by atoms with van der Waals surface area (Å²) in [6.45, 7) is 5.00. The van der Waals surface area contributed by atoms with Gasteiger partial charge in [-0.25, -0.2) is 0 Å². The van der Waals surface area contributed by atoms with Crippen LogP contribution in [0.25, 0.3) is 0 Å². The van der Waals surface area contributed by atoms with E-state index in [1.807, 2.05) is 0 Å². The average molecular weight is 213 g/mol. The van der Waals surface area contributed by atoms with Crippen LogP contribution < -0.4 is 5.56 Å². The molecule has 10 heavy (non-hydrogen) atoms. The van der Waals surface area contributed by atoms with E-state index in [2.05, 4.69) is 11.9 Å². The van der Waals surface area contributed by atoms with E-state index in [1.165, 1.54) is 6.07 Å². The number of nitrogens with one attached hydrogen (secondary N) is 1. The second-order valence-electron chi connectivity index (χ2n) is 1.23. The van der Waals surface area contributed by atoms with Gasteiger partial charge in [0.25, 0.3) is 0 Å². The van der Waals surface area contributed by atoms with Gasteiger partial charge in [0.2, 0.25) is 5.56 Å². The van der Waals surface area contributed by atoms with Gasteiger partial charge in [-0.2, -0.15) is 6.92 Å². The summed E-state index contributed by atoms with van der Waals surface area (Å²) in [4.78, 5) is 12.7. The van der Waals surface area contributed by atoms with Crippen molar-refractivity contribution in [2.24, 2.45) is 0 Å². The topological polar surface area (TPSA) is 32.9 Å². The summed E-state index contributed by atoms with van der Waals surface area (Å²) in [5.74, 6) is 0. The van der Waals surface area contributed by atoms with Crippen LogP contribution >= 0.6 is 0 Å².